The number of aromatic nitrogens is 3. The number of nitrogens with two attached hydrogens (primary N) is 1. The maximum atomic E-state index is 13.1. The predicted octanol–water partition coefficient (Wildman–Crippen LogP) is 1.53. The van der Waals surface area contributed by atoms with Crippen molar-refractivity contribution in [3.63, 3.8) is 0 Å². The smallest absolute Gasteiger partial charge is 0.330 e. The first kappa shape index (κ1) is 22.7. The van der Waals surface area contributed by atoms with Gasteiger partial charge in [-0.2, -0.15) is 0 Å². The summed E-state index contributed by atoms with van der Waals surface area (Å²) in [6.07, 6.45) is 2.19. The molecule has 0 atom stereocenters. The number of hydrogen-bond acceptors (Lipinski definition) is 6. The van der Waals surface area contributed by atoms with Crippen molar-refractivity contribution < 1.29 is 4.79 Å². The fourth-order valence-electron chi connectivity index (χ4n) is 2.94. The van der Waals surface area contributed by atoms with Gasteiger partial charge >= 0.3 is 10.6 Å². The molecule has 10 heteroatoms. The number of carbonyl (C=O) groups is 1. The van der Waals surface area contributed by atoms with E-state index in [-0.39, 0.29) is 35.4 Å². The van der Waals surface area contributed by atoms with Gasteiger partial charge in [0, 0.05) is 24.2 Å². The fourth-order valence-corrected chi connectivity index (χ4v) is 3.68. The molecule has 0 fully saturated rings. The van der Waals surface area contributed by atoms with Gasteiger partial charge in [-0.05, 0) is 25.7 Å². The Morgan fingerprint density at radius 3 is 2.52 bits per heavy atom. The Labute approximate surface area is 172 Å². The minimum absolute atomic E-state index is 0.0290. The number of anilines is 2. The van der Waals surface area contributed by atoms with Gasteiger partial charge in [-0.25, -0.2) is 4.79 Å². The predicted molar refractivity (Wildman–Crippen MR) is 116 cm³/mol. The Balaban J connectivity index is 2.52. The van der Waals surface area contributed by atoms with Gasteiger partial charge in [0.25, 0.3) is 5.56 Å². The number of aryl methyl sites for hydroxylation is 1. The number of H-pyrrole nitrogens is 1. The zero-order valence-electron chi connectivity index (χ0n) is 17.4. The minimum Gasteiger partial charge on any atom is -0.383 e. The highest BCUT2D eigenvalue weighted by molar-refractivity contribution is 7.07. The number of nitrogens with one attached hydrogen (secondary N) is 1. The Bertz CT molecular complexity index is 1030. The van der Waals surface area contributed by atoms with E-state index in [1.165, 1.54) is 14.0 Å². The molecule has 29 heavy (non-hydrogen) atoms. The molecule has 0 aromatic carbocycles. The molecular weight excluding hydrogens is 394 g/mol. The van der Waals surface area contributed by atoms with Crippen LogP contribution < -0.4 is 26.8 Å². The molecule has 0 aliphatic rings. The van der Waals surface area contributed by atoms with Gasteiger partial charge < -0.3 is 10.6 Å². The third-order valence-electron chi connectivity index (χ3n) is 4.72. The van der Waals surface area contributed by atoms with Gasteiger partial charge in [-0.15, -0.1) is 0 Å². The molecule has 0 aliphatic heterocycles. The second-order valence-corrected chi connectivity index (χ2v) is 8.28. The molecule has 0 saturated heterocycles. The molecule has 2 aromatic rings. The summed E-state index contributed by atoms with van der Waals surface area (Å²) in [4.78, 5) is 53.3. The van der Waals surface area contributed by atoms with E-state index in [4.69, 9.17) is 5.73 Å². The van der Waals surface area contributed by atoms with Gasteiger partial charge in [0.1, 0.15) is 12.4 Å². The van der Waals surface area contributed by atoms with Gasteiger partial charge in [-0.1, -0.05) is 38.5 Å². The number of hydrogen-bond donors (Lipinski definition) is 2. The van der Waals surface area contributed by atoms with E-state index >= 15 is 0 Å². The first-order valence-electron chi connectivity index (χ1n) is 9.75. The van der Waals surface area contributed by atoms with Crippen LogP contribution in [0.1, 0.15) is 45.7 Å². The average Bonchev–Trinajstić information content (AvgIpc) is 2.95. The van der Waals surface area contributed by atoms with Crippen molar-refractivity contribution >= 4 is 28.7 Å². The molecule has 1 amide bonds. The average molecular weight is 424 g/mol. The van der Waals surface area contributed by atoms with Crippen LogP contribution in [0.25, 0.3) is 0 Å². The molecule has 0 bridgehead atoms. The first-order valence-corrected chi connectivity index (χ1v) is 10.6. The lowest BCUT2D eigenvalue weighted by atomic mass is 10.1. The highest BCUT2D eigenvalue weighted by Gasteiger charge is 2.25. The molecule has 2 heterocycles. The van der Waals surface area contributed by atoms with Crippen LogP contribution in [0.2, 0.25) is 0 Å². The summed E-state index contributed by atoms with van der Waals surface area (Å²) >= 11 is 1.02. The molecule has 0 spiro atoms. The van der Waals surface area contributed by atoms with Crippen LogP contribution in [0, 0.1) is 12.8 Å². The quantitative estimate of drug-likeness (QED) is 0.633. The van der Waals surface area contributed by atoms with E-state index in [1.54, 1.807) is 12.3 Å². The normalized spacial score (nSPS) is 11.2. The summed E-state index contributed by atoms with van der Waals surface area (Å²) < 4.78 is 2.66. The van der Waals surface area contributed by atoms with Crippen LogP contribution in [0.4, 0.5) is 11.5 Å². The van der Waals surface area contributed by atoms with Crippen molar-refractivity contribution in [1.82, 2.24) is 14.1 Å². The fraction of sp³-hybridized carbons (Fsp3) is 0.579. The molecule has 0 saturated carbocycles. The minimum atomic E-state index is -0.702. The molecular formula is C19H29N5O4S. The number of nitrogens with zero attached hydrogens (tertiary/aromatic N) is 3. The van der Waals surface area contributed by atoms with Crippen molar-refractivity contribution in [2.24, 2.45) is 5.92 Å². The molecule has 9 nitrogen and oxygen atoms in total. The van der Waals surface area contributed by atoms with Crippen molar-refractivity contribution in [2.75, 3.05) is 17.2 Å². The lowest BCUT2D eigenvalue weighted by molar-refractivity contribution is -0.119. The van der Waals surface area contributed by atoms with Gasteiger partial charge in [0.05, 0.1) is 0 Å². The SMILES string of the molecule is CCCCn1c(N)c(N(CCC(C)C)C(=O)Cn2c(C)csc2=O)c(=O)[nH]c1=O. The molecule has 2 rings (SSSR count). The summed E-state index contributed by atoms with van der Waals surface area (Å²) in [5.74, 6) is -0.173. The van der Waals surface area contributed by atoms with Gasteiger partial charge in [-0.3, -0.25) is 28.5 Å². The highest BCUT2D eigenvalue weighted by atomic mass is 32.1. The third kappa shape index (κ3) is 5.26. The standard InChI is InChI=1S/C19H29N5O4S/c1-5-6-8-23-16(20)15(17(26)21-18(23)27)22(9-7-12(2)3)14(25)10-24-13(4)11-29-19(24)28/h11-12H,5-10,20H2,1-4H3,(H,21,26,27). The van der Waals surface area contributed by atoms with Crippen LogP contribution in [0.3, 0.4) is 0 Å². The number of rotatable bonds is 9. The Morgan fingerprint density at radius 1 is 1.28 bits per heavy atom. The number of unbranched alkanes of at least 4 members (excludes halogenated alkanes) is 1. The van der Waals surface area contributed by atoms with E-state index in [0.717, 1.165) is 17.8 Å². The van der Waals surface area contributed by atoms with E-state index in [0.29, 0.717) is 25.1 Å². The number of nitrogen functional groups attached to an aromatic ring is 1. The van der Waals surface area contributed by atoms with Gasteiger partial charge in [0.15, 0.2) is 5.69 Å². The second-order valence-electron chi connectivity index (χ2n) is 7.46. The molecule has 0 aliphatic carbocycles. The number of amides is 1. The lowest BCUT2D eigenvalue weighted by Crippen LogP contribution is -2.43. The summed E-state index contributed by atoms with van der Waals surface area (Å²) in [7, 11) is 0. The van der Waals surface area contributed by atoms with E-state index in [1.807, 2.05) is 20.8 Å². The number of thiazole rings is 1. The lowest BCUT2D eigenvalue weighted by Gasteiger charge is -2.25. The summed E-state index contributed by atoms with van der Waals surface area (Å²) in [5.41, 5.74) is 5.53. The molecule has 160 valence electrons. The maximum Gasteiger partial charge on any atom is 0.330 e. The molecule has 3 N–H and O–H groups in total. The third-order valence-corrected chi connectivity index (χ3v) is 5.60. The van der Waals surface area contributed by atoms with E-state index in [9.17, 15) is 19.2 Å². The highest BCUT2D eigenvalue weighted by Crippen LogP contribution is 2.19. The molecule has 0 radical (unpaired) electrons. The number of aromatic amines is 1. The molecule has 2 aromatic heterocycles. The van der Waals surface area contributed by atoms with Crippen molar-refractivity contribution in [3.05, 3.63) is 41.6 Å². The molecule has 0 unspecified atom stereocenters. The van der Waals surface area contributed by atoms with Gasteiger partial charge in [0.2, 0.25) is 5.91 Å². The van der Waals surface area contributed by atoms with Crippen LogP contribution in [-0.2, 0) is 17.9 Å². The first-order chi connectivity index (χ1) is 13.7. The maximum absolute atomic E-state index is 13.1. The van der Waals surface area contributed by atoms with Crippen molar-refractivity contribution in [2.45, 2.75) is 60.0 Å². The zero-order chi connectivity index (χ0) is 21.7. The van der Waals surface area contributed by atoms with Crippen molar-refractivity contribution in [1.29, 1.82) is 0 Å². The second kappa shape index (κ2) is 9.73. The van der Waals surface area contributed by atoms with Crippen molar-refractivity contribution in [3.8, 4) is 0 Å². The van der Waals surface area contributed by atoms with Crippen LogP contribution >= 0.6 is 11.3 Å². The zero-order valence-corrected chi connectivity index (χ0v) is 18.2. The largest absolute Gasteiger partial charge is 0.383 e. The Hall–Kier alpha value is -2.62. The Morgan fingerprint density at radius 2 is 1.97 bits per heavy atom. The van der Waals surface area contributed by atoms with Crippen LogP contribution in [-0.4, -0.2) is 26.6 Å². The summed E-state index contributed by atoms with van der Waals surface area (Å²) in [6, 6.07) is 0. The van der Waals surface area contributed by atoms with Crippen LogP contribution in [0.15, 0.2) is 19.8 Å². The van der Waals surface area contributed by atoms with E-state index in [2.05, 4.69) is 4.98 Å². The van der Waals surface area contributed by atoms with E-state index < -0.39 is 17.2 Å². The Kier molecular flexibility index (Phi) is 7.60. The van der Waals surface area contributed by atoms with Crippen LogP contribution in [0.5, 0.6) is 0 Å². The number of carbonyl (C=O) groups excluding carboxylic acids is 1. The monoisotopic (exact) mass is 423 g/mol. The summed E-state index contributed by atoms with van der Waals surface area (Å²) in [5, 5.41) is 1.68. The summed E-state index contributed by atoms with van der Waals surface area (Å²) in [6.45, 7) is 8.15. The topological polar surface area (TPSA) is 123 Å².